The molecule has 0 aromatic carbocycles. The molecule has 350 valence electrons. The number of nitrogens with two attached hydrogens (primary N) is 1. The Kier molecular flexibility index (Phi) is 33.0. The molecule has 0 rings (SSSR count). The molecule has 0 amide bonds. The summed E-state index contributed by atoms with van der Waals surface area (Å²) >= 11 is 0. The second-order valence-corrected chi connectivity index (χ2v) is 13.9. The molecule has 58 heavy (non-hydrogen) atoms. The van der Waals surface area contributed by atoms with Crippen molar-refractivity contribution in [3.8, 4) is 0 Å². The summed E-state index contributed by atoms with van der Waals surface area (Å²) in [6, 6.07) is 0. The van der Waals surface area contributed by atoms with Crippen molar-refractivity contribution in [2.24, 2.45) is 5.73 Å². The largest absolute Gasteiger partial charge is 0.394 e. The van der Waals surface area contributed by atoms with Gasteiger partial charge in [-0.2, -0.15) is 0 Å². The first kappa shape index (κ1) is 57.0. The summed E-state index contributed by atoms with van der Waals surface area (Å²) in [5.41, 5.74) is 5.24. The van der Waals surface area contributed by atoms with E-state index < -0.39 is 131 Å². The zero-order valence-corrected chi connectivity index (χ0v) is 32.5. The molecule has 0 saturated heterocycles. The minimum absolute atomic E-state index is 0.0215. The van der Waals surface area contributed by atoms with Crippen LogP contribution in [0.15, 0.2) is 0 Å². The lowest BCUT2D eigenvalue weighted by Crippen LogP contribution is -2.54. The number of aliphatic hydroxyl groups excluding tert-OH is 17. The van der Waals surface area contributed by atoms with E-state index in [2.05, 4.69) is 0 Å². The van der Waals surface area contributed by atoms with Gasteiger partial charge < -0.3 is 121 Å². The van der Waals surface area contributed by atoms with Crippen molar-refractivity contribution in [1.29, 1.82) is 0 Å². The van der Waals surface area contributed by atoms with E-state index in [1.807, 2.05) is 0 Å². The van der Waals surface area contributed by atoms with Crippen LogP contribution in [0.1, 0.15) is 0 Å². The molecule has 0 fully saturated rings. The molecule has 0 aliphatic heterocycles. The van der Waals surface area contributed by atoms with Gasteiger partial charge >= 0.3 is 0 Å². The van der Waals surface area contributed by atoms with Crippen LogP contribution in [0, 0.1) is 0 Å². The smallest absolute Gasteiger partial charge is 0.111 e. The Labute approximate surface area is 336 Å². The molecule has 0 aromatic rings. The quantitative estimate of drug-likeness (QED) is 0.0273. The Balaban J connectivity index is 4.48. The van der Waals surface area contributed by atoms with Crippen LogP contribution in [0.25, 0.3) is 0 Å². The highest BCUT2D eigenvalue weighted by Crippen LogP contribution is 2.12. The van der Waals surface area contributed by atoms with Crippen LogP contribution in [0.2, 0.25) is 0 Å². The molecule has 0 aromatic heterocycles. The fraction of sp³-hybridized carbons (Fsp3) is 1.00. The lowest BCUT2D eigenvalue weighted by molar-refractivity contribution is -0.133. The van der Waals surface area contributed by atoms with Crippen molar-refractivity contribution >= 4 is 0 Å². The average Bonchev–Trinajstić information content (AvgIpc) is 3.18. The summed E-state index contributed by atoms with van der Waals surface area (Å²) in [7, 11) is 0. The van der Waals surface area contributed by atoms with Crippen LogP contribution in [0.4, 0.5) is 0 Å². The molecule has 15 atom stereocenters. The fourth-order valence-corrected chi connectivity index (χ4v) is 4.80. The third-order valence-electron chi connectivity index (χ3n) is 8.01. The van der Waals surface area contributed by atoms with E-state index in [4.69, 9.17) is 44.4 Å². The molecule has 19 N–H and O–H groups in total. The first-order chi connectivity index (χ1) is 27.4. The number of hydrogen-bond acceptors (Lipinski definition) is 25. The fourth-order valence-electron chi connectivity index (χ4n) is 4.80. The van der Waals surface area contributed by atoms with Crippen molar-refractivity contribution in [2.75, 3.05) is 119 Å². The molecule has 0 aliphatic rings. The highest BCUT2D eigenvalue weighted by molar-refractivity contribution is 4.86. The predicted molar refractivity (Wildman–Crippen MR) is 195 cm³/mol. The molecule has 0 spiro atoms. The van der Waals surface area contributed by atoms with Crippen molar-refractivity contribution < 1.29 is 115 Å². The van der Waals surface area contributed by atoms with Gasteiger partial charge in [-0.1, -0.05) is 0 Å². The van der Waals surface area contributed by atoms with Gasteiger partial charge in [-0.15, -0.1) is 0 Å². The van der Waals surface area contributed by atoms with Crippen LogP contribution < -0.4 is 5.73 Å². The van der Waals surface area contributed by atoms with Crippen LogP contribution >= 0.6 is 0 Å². The standard InChI is InChI=1S/C33H70N2O23/c34-1-19(38)7-53-9-21(40)11-55-13-23(42)15-57-17-25(44)18-58-16-24(43)14-56-12-22(41)10-54-8-20(39)2-35(3-26(45)30(49)32(51)28(47)5-36)4-27(46)31(50)33(52)29(48)6-37/h19-33,36-52H,1-18,34H2/t19?,20?,21?,22?,23?,24?,25?,26-,27-,28+,29+,30+,31+,32+,33+/m0/s1. The van der Waals surface area contributed by atoms with Crippen molar-refractivity contribution in [3.05, 3.63) is 0 Å². The lowest BCUT2D eigenvalue weighted by atomic mass is 10.0. The Bertz CT molecular complexity index is 926. The Morgan fingerprint density at radius 2 is 0.534 bits per heavy atom. The maximum atomic E-state index is 10.5. The summed E-state index contributed by atoms with van der Waals surface area (Å²) in [4.78, 5) is 1.08. The molecule has 25 nitrogen and oxygen atoms in total. The van der Waals surface area contributed by atoms with Crippen LogP contribution in [0.3, 0.4) is 0 Å². The van der Waals surface area contributed by atoms with Crippen LogP contribution in [-0.4, -0.2) is 302 Å². The minimum Gasteiger partial charge on any atom is -0.394 e. The summed E-state index contributed by atoms with van der Waals surface area (Å²) < 4.78 is 31.1. The van der Waals surface area contributed by atoms with E-state index in [9.17, 15) is 76.6 Å². The van der Waals surface area contributed by atoms with Gasteiger partial charge in [0.25, 0.3) is 0 Å². The summed E-state index contributed by atoms with van der Waals surface area (Å²) in [6.07, 6.45) is -23.1. The first-order valence-electron chi connectivity index (χ1n) is 18.7. The molecule has 7 unspecified atom stereocenters. The predicted octanol–water partition coefficient (Wildman–Crippen LogP) is -11.3. The molecule has 0 aliphatic carbocycles. The van der Waals surface area contributed by atoms with Gasteiger partial charge in [-0.05, 0) is 0 Å². The zero-order valence-electron chi connectivity index (χ0n) is 32.5. The molecule has 0 saturated carbocycles. The topological polar surface area (TPSA) is 429 Å². The Hall–Kier alpha value is -1.00. The number of nitrogens with zero attached hydrogens (tertiary/aromatic N) is 1. The molecule has 0 heterocycles. The van der Waals surface area contributed by atoms with E-state index in [1.54, 1.807) is 0 Å². The van der Waals surface area contributed by atoms with Crippen molar-refractivity contribution in [1.82, 2.24) is 4.90 Å². The third kappa shape index (κ3) is 27.1. The summed E-state index contributed by atoms with van der Waals surface area (Å²) in [5.74, 6) is 0. The van der Waals surface area contributed by atoms with E-state index in [1.165, 1.54) is 0 Å². The molecular weight excluding hydrogens is 792 g/mol. The minimum atomic E-state index is -2.02. The second-order valence-electron chi connectivity index (χ2n) is 13.9. The van der Waals surface area contributed by atoms with Gasteiger partial charge in [-0.25, -0.2) is 0 Å². The van der Waals surface area contributed by atoms with Gasteiger partial charge in [-0.3, -0.25) is 4.90 Å². The van der Waals surface area contributed by atoms with E-state index >= 15 is 0 Å². The monoisotopic (exact) mass is 862 g/mol. The van der Waals surface area contributed by atoms with Crippen molar-refractivity contribution in [2.45, 2.75) is 91.6 Å². The molecule has 0 radical (unpaired) electrons. The van der Waals surface area contributed by atoms with Gasteiger partial charge in [0.15, 0.2) is 0 Å². The van der Waals surface area contributed by atoms with E-state index in [-0.39, 0.29) is 79.2 Å². The van der Waals surface area contributed by atoms with Gasteiger partial charge in [0.2, 0.25) is 0 Å². The average molecular weight is 863 g/mol. The number of aliphatic hydroxyl groups is 17. The van der Waals surface area contributed by atoms with Crippen LogP contribution in [-0.2, 0) is 28.4 Å². The first-order valence-corrected chi connectivity index (χ1v) is 18.7. The van der Waals surface area contributed by atoms with E-state index in [0.29, 0.717) is 0 Å². The Morgan fingerprint density at radius 1 is 0.310 bits per heavy atom. The maximum Gasteiger partial charge on any atom is 0.111 e. The third-order valence-corrected chi connectivity index (χ3v) is 8.01. The number of ether oxygens (including phenoxy) is 6. The summed E-state index contributed by atoms with van der Waals surface area (Å²) in [5, 5.41) is 168. The normalized spacial score (nSPS) is 20.3. The molecular formula is C33H70N2O23. The summed E-state index contributed by atoms with van der Waals surface area (Å²) in [6.45, 7) is -6.23. The van der Waals surface area contributed by atoms with Gasteiger partial charge in [0.05, 0.1) is 117 Å². The SMILES string of the molecule is NCC(O)COCC(O)COCC(O)COCC(O)COCC(O)COCC(O)COCC(O)CN(C[C@H](O)[C@@H](O)[C@H](O)[C@H](O)CO)C[C@H](O)[C@@H](O)[C@H](O)[C@H](O)CO. The second kappa shape index (κ2) is 33.6. The number of rotatable bonds is 39. The number of hydrogen-bond donors (Lipinski definition) is 18. The lowest BCUT2D eigenvalue weighted by Gasteiger charge is -2.34. The van der Waals surface area contributed by atoms with Gasteiger partial charge in [0.1, 0.15) is 67.1 Å². The Morgan fingerprint density at radius 3 is 0.776 bits per heavy atom. The zero-order chi connectivity index (χ0) is 44.2. The van der Waals surface area contributed by atoms with Crippen LogP contribution in [0.5, 0.6) is 0 Å². The van der Waals surface area contributed by atoms with Crippen molar-refractivity contribution in [3.63, 3.8) is 0 Å². The molecule has 25 heteroatoms. The molecule has 0 bridgehead atoms. The maximum absolute atomic E-state index is 10.5. The highest BCUT2D eigenvalue weighted by Gasteiger charge is 2.35. The van der Waals surface area contributed by atoms with E-state index in [0.717, 1.165) is 4.90 Å². The highest BCUT2D eigenvalue weighted by atomic mass is 16.5. The van der Waals surface area contributed by atoms with Gasteiger partial charge in [0, 0.05) is 26.2 Å².